The second-order valence-corrected chi connectivity index (χ2v) is 4.58. The van der Waals surface area contributed by atoms with Crippen molar-refractivity contribution >= 4 is 40.5 Å². The smallest absolute Gasteiger partial charge is 0.269 e. The van der Waals surface area contributed by atoms with Crippen molar-refractivity contribution in [2.24, 2.45) is 0 Å². The Labute approximate surface area is 125 Å². The van der Waals surface area contributed by atoms with Gasteiger partial charge in [0.25, 0.3) is 11.6 Å². The maximum Gasteiger partial charge on any atom is 0.269 e. The predicted octanol–water partition coefficient (Wildman–Crippen LogP) is 2.04. The summed E-state index contributed by atoms with van der Waals surface area (Å²) in [7, 11) is 0. The summed E-state index contributed by atoms with van der Waals surface area (Å²) in [4.78, 5) is 19.6. The third kappa shape index (κ3) is 7.90. The van der Waals surface area contributed by atoms with Crippen LogP contribution in [0.5, 0.6) is 0 Å². The van der Waals surface area contributed by atoms with E-state index in [-0.39, 0.29) is 5.69 Å². The summed E-state index contributed by atoms with van der Waals surface area (Å²) in [6.07, 6.45) is -0.699. The highest BCUT2D eigenvalue weighted by Gasteiger charge is 2.12. The molecule has 0 spiro atoms. The predicted molar refractivity (Wildman–Crippen MR) is 75.7 cm³/mol. The van der Waals surface area contributed by atoms with E-state index in [0.29, 0.717) is 12.1 Å². The molecule has 112 valence electrons. The molecule has 0 atom stereocenters. The fourth-order valence-corrected chi connectivity index (χ4v) is 0.972. The number of benzene rings is 1. The Bertz CT molecular complexity index is 437. The van der Waals surface area contributed by atoms with Gasteiger partial charge in [0.1, 0.15) is 0 Å². The van der Waals surface area contributed by atoms with Gasteiger partial charge < -0.3 is 15.5 Å². The Hall–Kier alpha value is -1.41. The number of hydrogen-bond acceptors (Lipinski definition) is 5. The molecule has 0 heterocycles. The standard InChI is InChI=1S/C8H6Cl2N2O3.C3H8O2/c9-7(10)8(13)11-5-1-3-6(4-2-5)12(14)15;1-2-3(4)5/h1-4,7H,(H,11,13);3-5H,2H2,1H3. The van der Waals surface area contributed by atoms with Crippen molar-refractivity contribution in [1.29, 1.82) is 0 Å². The number of non-ortho nitro benzene ring substituents is 1. The molecule has 1 aromatic rings. The second kappa shape index (κ2) is 9.49. The molecule has 0 fully saturated rings. The minimum Gasteiger partial charge on any atom is -0.368 e. The molecule has 0 aliphatic rings. The number of aliphatic hydroxyl groups excluding tert-OH is 1. The number of halogens is 2. The van der Waals surface area contributed by atoms with Gasteiger partial charge in [-0.25, -0.2) is 0 Å². The third-order valence-corrected chi connectivity index (χ3v) is 2.31. The molecule has 0 aliphatic carbocycles. The summed E-state index contributed by atoms with van der Waals surface area (Å²) in [5.41, 5.74) is 0.346. The first-order valence-electron chi connectivity index (χ1n) is 5.47. The molecule has 0 radical (unpaired) electrons. The molecule has 0 aromatic heterocycles. The first kappa shape index (κ1) is 18.6. The van der Waals surface area contributed by atoms with Gasteiger partial charge in [-0.2, -0.15) is 0 Å². The van der Waals surface area contributed by atoms with Gasteiger partial charge in [-0.05, 0) is 18.6 Å². The first-order valence-corrected chi connectivity index (χ1v) is 6.34. The summed E-state index contributed by atoms with van der Waals surface area (Å²) >= 11 is 10.6. The number of nitrogens with one attached hydrogen (secondary N) is 1. The molecule has 3 N–H and O–H groups in total. The van der Waals surface area contributed by atoms with Crippen LogP contribution in [0, 0.1) is 10.1 Å². The zero-order valence-corrected chi connectivity index (χ0v) is 12.0. The number of anilines is 1. The summed E-state index contributed by atoms with van der Waals surface area (Å²) in [6, 6.07) is 5.33. The number of carbonyl (C=O) groups excluding carboxylic acids is 1. The molecule has 0 saturated carbocycles. The Balaban J connectivity index is 0.000000621. The SMILES string of the molecule is CCC(O)O.O=C(Nc1ccc([N+](=O)[O-])cc1)C(Cl)Cl. The van der Waals surface area contributed by atoms with E-state index in [2.05, 4.69) is 5.32 Å². The van der Waals surface area contributed by atoms with E-state index in [1.54, 1.807) is 6.92 Å². The number of nitrogens with zero attached hydrogens (tertiary/aromatic N) is 1. The fraction of sp³-hybridized carbons (Fsp3) is 0.364. The topological polar surface area (TPSA) is 113 Å². The van der Waals surface area contributed by atoms with Crippen LogP contribution in [0.15, 0.2) is 24.3 Å². The number of carbonyl (C=O) groups is 1. The number of nitro benzene ring substituents is 1. The van der Waals surface area contributed by atoms with Gasteiger partial charge in [0.2, 0.25) is 0 Å². The van der Waals surface area contributed by atoms with Crippen LogP contribution in [0.2, 0.25) is 0 Å². The van der Waals surface area contributed by atoms with E-state index in [1.807, 2.05) is 0 Å². The minimum atomic E-state index is -1.17. The average Bonchev–Trinajstić information content (AvgIpc) is 2.39. The van der Waals surface area contributed by atoms with Crippen LogP contribution < -0.4 is 5.32 Å². The van der Waals surface area contributed by atoms with Crippen LogP contribution in [0.25, 0.3) is 0 Å². The number of nitro groups is 1. The van der Waals surface area contributed by atoms with Gasteiger partial charge in [-0.15, -0.1) is 0 Å². The largest absolute Gasteiger partial charge is 0.368 e. The van der Waals surface area contributed by atoms with Gasteiger partial charge in [0.05, 0.1) is 4.92 Å². The van der Waals surface area contributed by atoms with Gasteiger partial charge in [0.15, 0.2) is 11.1 Å². The molecule has 0 unspecified atom stereocenters. The van der Waals surface area contributed by atoms with Crippen LogP contribution in [0.4, 0.5) is 11.4 Å². The first-order chi connectivity index (χ1) is 9.27. The van der Waals surface area contributed by atoms with Crippen LogP contribution in [-0.4, -0.2) is 32.2 Å². The molecule has 20 heavy (non-hydrogen) atoms. The molecule has 0 bridgehead atoms. The van der Waals surface area contributed by atoms with Crippen molar-refractivity contribution in [1.82, 2.24) is 0 Å². The third-order valence-electron chi connectivity index (χ3n) is 1.91. The molecular formula is C11H14Cl2N2O5. The van der Waals surface area contributed by atoms with E-state index < -0.39 is 22.0 Å². The Morgan fingerprint density at radius 1 is 1.35 bits per heavy atom. The summed E-state index contributed by atoms with van der Waals surface area (Å²) < 4.78 is 0. The van der Waals surface area contributed by atoms with E-state index in [9.17, 15) is 14.9 Å². The number of amides is 1. The maximum absolute atomic E-state index is 11.0. The van der Waals surface area contributed by atoms with Crippen molar-refractivity contribution in [3.8, 4) is 0 Å². The lowest BCUT2D eigenvalue weighted by Crippen LogP contribution is -2.18. The van der Waals surface area contributed by atoms with Crippen molar-refractivity contribution in [3.05, 3.63) is 34.4 Å². The molecule has 7 nitrogen and oxygen atoms in total. The van der Waals surface area contributed by atoms with Crippen molar-refractivity contribution in [3.63, 3.8) is 0 Å². The van der Waals surface area contributed by atoms with E-state index in [4.69, 9.17) is 33.4 Å². The van der Waals surface area contributed by atoms with Crippen LogP contribution >= 0.6 is 23.2 Å². The van der Waals surface area contributed by atoms with Gasteiger partial charge in [0, 0.05) is 17.8 Å². The summed E-state index contributed by atoms with van der Waals surface area (Å²) in [5, 5.41) is 28.5. The van der Waals surface area contributed by atoms with Crippen LogP contribution in [0.3, 0.4) is 0 Å². The number of rotatable bonds is 4. The summed E-state index contributed by atoms with van der Waals surface area (Å²) in [6.45, 7) is 1.70. The van der Waals surface area contributed by atoms with Crippen LogP contribution in [0.1, 0.15) is 13.3 Å². The minimum absolute atomic E-state index is 0.0544. The zero-order valence-electron chi connectivity index (χ0n) is 10.5. The van der Waals surface area contributed by atoms with Gasteiger partial charge in [-0.1, -0.05) is 30.1 Å². The zero-order chi connectivity index (χ0) is 15.7. The number of aliphatic hydroxyl groups is 2. The molecule has 0 saturated heterocycles. The Kier molecular flexibility index (Phi) is 8.82. The molecule has 0 aliphatic heterocycles. The fourth-order valence-electron chi connectivity index (χ4n) is 0.863. The number of hydrogen-bond donors (Lipinski definition) is 3. The second-order valence-electron chi connectivity index (χ2n) is 3.48. The molecular weight excluding hydrogens is 311 g/mol. The van der Waals surface area contributed by atoms with Gasteiger partial charge >= 0.3 is 0 Å². The lowest BCUT2D eigenvalue weighted by atomic mass is 10.3. The number of alkyl halides is 2. The summed E-state index contributed by atoms with van der Waals surface area (Å²) in [5.74, 6) is -0.577. The lowest BCUT2D eigenvalue weighted by Gasteiger charge is -2.04. The monoisotopic (exact) mass is 324 g/mol. The van der Waals surface area contributed by atoms with Crippen molar-refractivity contribution < 1.29 is 19.9 Å². The Morgan fingerprint density at radius 2 is 1.80 bits per heavy atom. The molecule has 9 heteroatoms. The van der Waals surface area contributed by atoms with E-state index in [1.165, 1.54) is 24.3 Å². The van der Waals surface area contributed by atoms with Gasteiger partial charge in [-0.3, -0.25) is 14.9 Å². The quantitative estimate of drug-likeness (QED) is 0.339. The maximum atomic E-state index is 11.0. The van der Waals surface area contributed by atoms with E-state index in [0.717, 1.165) is 0 Å². The average molecular weight is 325 g/mol. The Morgan fingerprint density at radius 3 is 2.10 bits per heavy atom. The van der Waals surface area contributed by atoms with Crippen molar-refractivity contribution in [2.75, 3.05) is 5.32 Å². The van der Waals surface area contributed by atoms with Crippen molar-refractivity contribution in [2.45, 2.75) is 24.5 Å². The lowest BCUT2D eigenvalue weighted by molar-refractivity contribution is -0.384. The molecule has 1 aromatic carbocycles. The van der Waals surface area contributed by atoms with Crippen LogP contribution in [-0.2, 0) is 4.79 Å². The highest BCUT2D eigenvalue weighted by atomic mass is 35.5. The highest BCUT2D eigenvalue weighted by Crippen LogP contribution is 2.16. The van der Waals surface area contributed by atoms with E-state index >= 15 is 0 Å². The molecule has 1 amide bonds. The normalized spacial score (nSPS) is 9.95. The molecule has 1 rings (SSSR count). The highest BCUT2D eigenvalue weighted by molar-refractivity contribution is 6.54.